The summed E-state index contributed by atoms with van der Waals surface area (Å²) in [6.07, 6.45) is 4.84. The van der Waals surface area contributed by atoms with Gasteiger partial charge in [0, 0.05) is 30.9 Å². The summed E-state index contributed by atoms with van der Waals surface area (Å²) in [6.45, 7) is 9.55. The van der Waals surface area contributed by atoms with Crippen LogP contribution in [0.5, 0.6) is 0 Å². The number of rotatable bonds is 4. The van der Waals surface area contributed by atoms with E-state index in [-0.39, 0.29) is 5.54 Å². The molecular formula is C16H23N3. The summed E-state index contributed by atoms with van der Waals surface area (Å²) < 4.78 is 2.18. The van der Waals surface area contributed by atoms with E-state index >= 15 is 0 Å². The Morgan fingerprint density at radius 3 is 2.63 bits per heavy atom. The van der Waals surface area contributed by atoms with Gasteiger partial charge in [0.25, 0.3) is 0 Å². The molecule has 1 heterocycles. The molecule has 0 saturated carbocycles. The van der Waals surface area contributed by atoms with Crippen molar-refractivity contribution in [2.45, 2.75) is 46.2 Å². The Kier molecular flexibility index (Phi) is 4.05. The highest BCUT2D eigenvalue weighted by atomic mass is 15.1. The Bertz CT molecular complexity index is 535. The van der Waals surface area contributed by atoms with Crippen LogP contribution in [0.15, 0.2) is 36.7 Å². The van der Waals surface area contributed by atoms with E-state index in [4.69, 9.17) is 0 Å². The van der Waals surface area contributed by atoms with Crippen molar-refractivity contribution in [3.63, 3.8) is 0 Å². The highest BCUT2D eigenvalue weighted by molar-refractivity contribution is 5.42. The number of hydrogen-bond acceptors (Lipinski definition) is 2. The van der Waals surface area contributed by atoms with E-state index < -0.39 is 0 Å². The molecule has 0 aliphatic heterocycles. The molecule has 0 bridgehead atoms. The van der Waals surface area contributed by atoms with Crippen LogP contribution in [-0.2, 0) is 13.0 Å². The predicted molar refractivity (Wildman–Crippen MR) is 79.5 cm³/mol. The molecule has 2 aromatic rings. The van der Waals surface area contributed by atoms with Crippen molar-refractivity contribution in [1.82, 2.24) is 14.9 Å². The fourth-order valence-corrected chi connectivity index (χ4v) is 2.07. The molecule has 0 aliphatic rings. The lowest BCUT2D eigenvalue weighted by molar-refractivity contribution is 0.424. The quantitative estimate of drug-likeness (QED) is 0.910. The highest BCUT2D eigenvalue weighted by Crippen LogP contribution is 2.17. The largest absolute Gasteiger partial charge is 0.308 e. The van der Waals surface area contributed by atoms with E-state index in [9.17, 15) is 0 Å². The van der Waals surface area contributed by atoms with Crippen LogP contribution < -0.4 is 5.32 Å². The maximum atomic E-state index is 4.40. The number of para-hydroxylation sites is 1. The number of nitrogens with one attached hydrogen (secondary N) is 1. The second-order valence-corrected chi connectivity index (χ2v) is 5.80. The molecule has 3 nitrogen and oxygen atoms in total. The fraction of sp³-hybridized carbons (Fsp3) is 0.438. The van der Waals surface area contributed by atoms with E-state index in [0.29, 0.717) is 0 Å². The molecule has 0 unspecified atom stereocenters. The van der Waals surface area contributed by atoms with Crippen LogP contribution in [0.2, 0.25) is 0 Å². The Labute approximate surface area is 115 Å². The van der Waals surface area contributed by atoms with Crippen LogP contribution in [0.4, 0.5) is 0 Å². The molecule has 2 rings (SSSR count). The lowest BCUT2D eigenvalue weighted by atomic mass is 10.1. The van der Waals surface area contributed by atoms with Crippen LogP contribution in [0, 0.1) is 0 Å². The van der Waals surface area contributed by atoms with Crippen molar-refractivity contribution >= 4 is 0 Å². The molecule has 19 heavy (non-hydrogen) atoms. The lowest BCUT2D eigenvalue weighted by Gasteiger charge is -2.22. The molecule has 0 radical (unpaired) electrons. The van der Waals surface area contributed by atoms with Crippen molar-refractivity contribution in [3.8, 4) is 5.69 Å². The first-order chi connectivity index (χ1) is 9.01. The lowest BCUT2D eigenvalue weighted by Crippen LogP contribution is -2.35. The summed E-state index contributed by atoms with van der Waals surface area (Å²) in [7, 11) is 0. The van der Waals surface area contributed by atoms with Crippen molar-refractivity contribution < 1.29 is 0 Å². The first-order valence-electron chi connectivity index (χ1n) is 6.87. The zero-order chi connectivity index (χ0) is 13.9. The third-order valence-corrected chi connectivity index (χ3v) is 3.09. The summed E-state index contributed by atoms with van der Waals surface area (Å²) in [5, 5.41) is 3.54. The molecule has 0 spiro atoms. The second-order valence-electron chi connectivity index (χ2n) is 5.80. The van der Waals surface area contributed by atoms with Crippen LogP contribution in [0.1, 0.15) is 39.1 Å². The minimum atomic E-state index is 0.121. The van der Waals surface area contributed by atoms with E-state index in [1.54, 1.807) is 0 Å². The molecule has 1 aromatic heterocycles. The van der Waals surface area contributed by atoms with E-state index in [2.05, 4.69) is 66.8 Å². The monoisotopic (exact) mass is 257 g/mol. The van der Waals surface area contributed by atoms with Crippen LogP contribution >= 0.6 is 0 Å². The molecule has 102 valence electrons. The number of aromatic nitrogens is 2. The van der Waals surface area contributed by atoms with Gasteiger partial charge in [-0.25, -0.2) is 4.98 Å². The van der Waals surface area contributed by atoms with Crippen molar-refractivity contribution in [2.75, 3.05) is 0 Å². The summed E-state index contributed by atoms with van der Waals surface area (Å²) in [6, 6.07) is 8.50. The zero-order valence-electron chi connectivity index (χ0n) is 12.3. The molecule has 1 aromatic carbocycles. The van der Waals surface area contributed by atoms with Gasteiger partial charge in [0.1, 0.15) is 5.82 Å². The minimum Gasteiger partial charge on any atom is -0.308 e. The summed E-state index contributed by atoms with van der Waals surface area (Å²) in [5.41, 5.74) is 2.63. The van der Waals surface area contributed by atoms with Gasteiger partial charge in [-0.05, 0) is 32.4 Å². The molecule has 0 fully saturated rings. The van der Waals surface area contributed by atoms with Gasteiger partial charge in [-0.1, -0.05) is 25.1 Å². The third-order valence-electron chi connectivity index (χ3n) is 3.09. The zero-order valence-corrected chi connectivity index (χ0v) is 12.3. The third kappa shape index (κ3) is 3.44. The standard InChI is InChI=1S/C16H23N3/c1-5-15-17-10-11-19(15)14-9-7-6-8-13(14)12-18-16(2,3)4/h6-11,18H,5,12H2,1-4H3. The summed E-state index contributed by atoms with van der Waals surface area (Å²) >= 11 is 0. The van der Waals surface area contributed by atoms with E-state index in [1.807, 2.05) is 12.4 Å². The minimum absolute atomic E-state index is 0.121. The maximum Gasteiger partial charge on any atom is 0.112 e. The smallest absolute Gasteiger partial charge is 0.112 e. The second kappa shape index (κ2) is 5.57. The van der Waals surface area contributed by atoms with Gasteiger partial charge in [0.2, 0.25) is 0 Å². The number of hydrogen-bond donors (Lipinski definition) is 1. The molecule has 0 saturated heterocycles. The molecule has 0 atom stereocenters. The molecule has 0 amide bonds. The number of aryl methyl sites for hydroxylation is 1. The fourth-order valence-electron chi connectivity index (χ4n) is 2.07. The van der Waals surface area contributed by atoms with Gasteiger partial charge in [0.15, 0.2) is 0 Å². The number of benzene rings is 1. The topological polar surface area (TPSA) is 29.9 Å². The van der Waals surface area contributed by atoms with Crippen molar-refractivity contribution in [3.05, 3.63) is 48.0 Å². The van der Waals surface area contributed by atoms with Gasteiger partial charge >= 0.3 is 0 Å². The number of imidazole rings is 1. The van der Waals surface area contributed by atoms with Crippen LogP contribution in [0.3, 0.4) is 0 Å². The molecular weight excluding hydrogens is 234 g/mol. The molecule has 3 heteroatoms. The highest BCUT2D eigenvalue weighted by Gasteiger charge is 2.12. The van der Waals surface area contributed by atoms with Crippen molar-refractivity contribution in [2.24, 2.45) is 0 Å². The summed E-state index contributed by atoms with van der Waals surface area (Å²) in [5.74, 6) is 1.10. The van der Waals surface area contributed by atoms with E-state index in [1.165, 1.54) is 11.3 Å². The first-order valence-corrected chi connectivity index (χ1v) is 6.87. The Morgan fingerprint density at radius 1 is 1.21 bits per heavy atom. The normalized spacial score (nSPS) is 11.8. The SMILES string of the molecule is CCc1nccn1-c1ccccc1CNC(C)(C)C. The Hall–Kier alpha value is -1.61. The summed E-state index contributed by atoms with van der Waals surface area (Å²) in [4.78, 5) is 4.40. The van der Waals surface area contributed by atoms with Crippen molar-refractivity contribution in [1.29, 1.82) is 0 Å². The van der Waals surface area contributed by atoms with Gasteiger partial charge in [-0.15, -0.1) is 0 Å². The number of nitrogens with zero attached hydrogens (tertiary/aromatic N) is 2. The Balaban J connectivity index is 2.31. The van der Waals surface area contributed by atoms with Gasteiger partial charge < -0.3 is 9.88 Å². The predicted octanol–water partition coefficient (Wildman–Crippen LogP) is 3.32. The average molecular weight is 257 g/mol. The van der Waals surface area contributed by atoms with Crippen LogP contribution in [0.25, 0.3) is 5.69 Å². The Morgan fingerprint density at radius 2 is 1.95 bits per heavy atom. The van der Waals surface area contributed by atoms with Crippen LogP contribution in [-0.4, -0.2) is 15.1 Å². The van der Waals surface area contributed by atoms with Gasteiger partial charge in [0.05, 0.1) is 5.69 Å². The maximum absolute atomic E-state index is 4.40. The first kappa shape index (κ1) is 13.8. The van der Waals surface area contributed by atoms with Gasteiger partial charge in [-0.2, -0.15) is 0 Å². The molecule has 1 N–H and O–H groups in total. The average Bonchev–Trinajstić information content (AvgIpc) is 2.84. The van der Waals surface area contributed by atoms with E-state index in [0.717, 1.165) is 18.8 Å². The van der Waals surface area contributed by atoms with Gasteiger partial charge in [-0.3, -0.25) is 0 Å². The molecule has 0 aliphatic carbocycles.